The van der Waals surface area contributed by atoms with Gasteiger partial charge in [-0.15, -0.1) is 0 Å². The number of likely N-dealkylation sites (N-methyl/N-ethyl adjacent to an activating group) is 1. The maximum absolute atomic E-state index is 13.4. The van der Waals surface area contributed by atoms with Gasteiger partial charge in [-0.3, -0.25) is 9.69 Å². The van der Waals surface area contributed by atoms with Crippen LogP contribution in [0.4, 0.5) is 5.13 Å². The Labute approximate surface area is 188 Å². The minimum Gasteiger partial charge on any atom is -0.302 e. The summed E-state index contributed by atoms with van der Waals surface area (Å²) in [5.41, 5.74) is 5.27. The Morgan fingerprint density at radius 1 is 1.07 bits per heavy atom. The molecule has 0 spiro atoms. The summed E-state index contributed by atoms with van der Waals surface area (Å²) in [4.78, 5) is 22.4. The first kappa shape index (κ1) is 22.7. The molecule has 0 bridgehead atoms. The van der Waals surface area contributed by atoms with Gasteiger partial charge in [0, 0.05) is 18.1 Å². The number of rotatable bonds is 8. The predicted molar refractivity (Wildman–Crippen MR) is 129 cm³/mol. The number of aromatic nitrogens is 1. The minimum absolute atomic E-state index is 0.0805. The first-order chi connectivity index (χ1) is 14.3. The standard InChI is InChI=1S/C24H30ClN3OS/c1-6-27(7-2)12-13-28(22(29)15-19-9-8-16(3)14-17(19)4)24-26-23-18(5)20(25)10-11-21(23)30-24/h8-11,14H,6-7,12-13,15H2,1-5H3. The topological polar surface area (TPSA) is 36.4 Å². The van der Waals surface area contributed by atoms with Gasteiger partial charge in [0.2, 0.25) is 5.91 Å². The van der Waals surface area contributed by atoms with E-state index in [0.717, 1.165) is 51.7 Å². The number of hydrogen-bond acceptors (Lipinski definition) is 4. The molecule has 0 saturated carbocycles. The number of nitrogens with zero attached hydrogens (tertiary/aromatic N) is 3. The Kier molecular flexibility index (Phi) is 7.50. The highest BCUT2D eigenvalue weighted by Gasteiger charge is 2.22. The van der Waals surface area contributed by atoms with Crippen molar-refractivity contribution in [3.63, 3.8) is 0 Å². The van der Waals surface area contributed by atoms with Crippen molar-refractivity contribution in [3.8, 4) is 0 Å². The number of halogens is 1. The number of benzene rings is 2. The fourth-order valence-electron chi connectivity index (χ4n) is 3.62. The van der Waals surface area contributed by atoms with Gasteiger partial charge in [0.15, 0.2) is 5.13 Å². The Hall–Kier alpha value is -1.95. The van der Waals surface area contributed by atoms with Crippen molar-refractivity contribution in [1.29, 1.82) is 0 Å². The fraction of sp³-hybridized carbons (Fsp3) is 0.417. The van der Waals surface area contributed by atoms with Crippen LogP contribution in [0.25, 0.3) is 10.2 Å². The second-order valence-corrected chi connectivity index (χ2v) is 9.11. The van der Waals surface area contributed by atoms with Gasteiger partial charge in [-0.1, -0.05) is 60.5 Å². The van der Waals surface area contributed by atoms with E-state index in [0.29, 0.717) is 18.0 Å². The molecule has 1 heterocycles. The summed E-state index contributed by atoms with van der Waals surface area (Å²) in [6, 6.07) is 10.2. The van der Waals surface area contributed by atoms with Crippen LogP contribution in [0, 0.1) is 20.8 Å². The Balaban J connectivity index is 1.93. The van der Waals surface area contributed by atoms with Gasteiger partial charge in [-0.25, -0.2) is 4.98 Å². The van der Waals surface area contributed by atoms with Crippen LogP contribution >= 0.6 is 22.9 Å². The molecule has 6 heteroatoms. The van der Waals surface area contributed by atoms with Gasteiger partial charge >= 0.3 is 0 Å². The van der Waals surface area contributed by atoms with Gasteiger partial charge < -0.3 is 4.90 Å². The molecule has 0 radical (unpaired) electrons. The molecule has 3 aromatic rings. The molecule has 0 unspecified atom stereocenters. The number of carbonyl (C=O) groups is 1. The second kappa shape index (κ2) is 9.90. The zero-order chi connectivity index (χ0) is 21.8. The summed E-state index contributed by atoms with van der Waals surface area (Å²) in [5.74, 6) is 0.0805. The van der Waals surface area contributed by atoms with E-state index >= 15 is 0 Å². The first-order valence-electron chi connectivity index (χ1n) is 10.5. The van der Waals surface area contributed by atoms with E-state index in [4.69, 9.17) is 16.6 Å². The van der Waals surface area contributed by atoms with Gasteiger partial charge in [0.1, 0.15) is 0 Å². The SMILES string of the molecule is CCN(CC)CCN(C(=O)Cc1ccc(C)cc1C)c1nc2c(C)c(Cl)ccc2s1. The molecule has 0 aliphatic rings. The van der Waals surface area contributed by atoms with Crippen LogP contribution in [0.1, 0.15) is 36.1 Å². The van der Waals surface area contributed by atoms with Crippen molar-refractivity contribution < 1.29 is 4.79 Å². The lowest BCUT2D eigenvalue weighted by Crippen LogP contribution is -2.39. The summed E-state index contributed by atoms with van der Waals surface area (Å²) in [7, 11) is 0. The van der Waals surface area contributed by atoms with Crippen LogP contribution in [0.3, 0.4) is 0 Å². The molecular formula is C24H30ClN3OS. The van der Waals surface area contributed by atoms with Crippen molar-refractivity contribution in [2.24, 2.45) is 0 Å². The minimum atomic E-state index is 0.0805. The van der Waals surface area contributed by atoms with Crippen LogP contribution in [-0.4, -0.2) is 42.0 Å². The predicted octanol–water partition coefficient (Wildman–Crippen LogP) is 5.79. The van der Waals surface area contributed by atoms with Crippen molar-refractivity contribution in [2.45, 2.75) is 41.0 Å². The van der Waals surface area contributed by atoms with Gasteiger partial charge in [0.05, 0.1) is 16.6 Å². The lowest BCUT2D eigenvalue weighted by atomic mass is 10.0. The van der Waals surface area contributed by atoms with E-state index in [1.807, 2.05) is 24.0 Å². The normalized spacial score (nSPS) is 11.4. The quantitative estimate of drug-likeness (QED) is 0.442. The molecule has 0 aliphatic carbocycles. The number of carbonyl (C=O) groups excluding carboxylic acids is 1. The lowest BCUT2D eigenvalue weighted by molar-refractivity contribution is -0.118. The molecule has 0 aliphatic heterocycles. The Morgan fingerprint density at radius 3 is 2.47 bits per heavy atom. The molecule has 0 atom stereocenters. The Morgan fingerprint density at radius 2 is 1.80 bits per heavy atom. The Bertz CT molecular complexity index is 1040. The van der Waals surface area contributed by atoms with Crippen LogP contribution in [0.2, 0.25) is 5.02 Å². The summed E-state index contributed by atoms with van der Waals surface area (Å²) < 4.78 is 1.05. The average Bonchev–Trinajstić information content (AvgIpc) is 3.15. The van der Waals surface area contributed by atoms with Crippen LogP contribution in [0.15, 0.2) is 30.3 Å². The zero-order valence-corrected chi connectivity index (χ0v) is 20.0. The molecule has 160 valence electrons. The number of anilines is 1. The monoisotopic (exact) mass is 443 g/mol. The van der Waals surface area contributed by atoms with E-state index in [1.54, 1.807) is 11.3 Å². The molecule has 0 fully saturated rings. The third-order valence-corrected chi connectivity index (χ3v) is 7.10. The smallest absolute Gasteiger partial charge is 0.233 e. The van der Waals surface area contributed by atoms with Gasteiger partial charge in [-0.05, 0) is 62.7 Å². The van der Waals surface area contributed by atoms with E-state index in [2.05, 4.69) is 50.8 Å². The summed E-state index contributed by atoms with van der Waals surface area (Å²) in [5, 5.41) is 1.45. The van der Waals surface area contributed by atoms with Crippen molar-refractivity contribution in [2.75, 3.05) is 31.1 Å². The van der Waals surface area contributed by atoms with E-state index in [-0.39, 0.29) is 5.91 Å². The summed E-state index contributed by atoms with van der Waals surface area (Å²) in [6.45, 7) is 13.8. The third kappa shape index (κ3) is 5.02. The number of hydrogen-bond donors (Lipinski definition) is 0. The summed E-state index contributed by atoms with van der Waals surface area (Å²) in [6.07, 6.45) is 0.375. The second-order valence-electron chi connectivity index (χ2n) is 7.69. The number of fused-ring (bicyclic) bond motifs is 1. The molecule has 1 aromatic heterocycles. The molecule has 1 amide bonds. The van der Waals surface area contributed by atoms with Crippen molar-refractivity contribution in [1.82, 2.24) is 9.88 Å². The average molecular weight is 444 g/mol. The molecule has 2 aromatic carbocycles. The zero-order valence-electron chi connectivity index (χ0n) is 18.5. The van der Waals surface area contributed by atoms with Crippen LogP contribution in [0.5, 0.6) is 0 Å². The van der Waals surface area contributed by atoms with E-state index < -0.39 is 0 Å². The number of thiazole rings is 1. The highest BCUT2D eigenvalue weighted by Crippen LogP contribution is 2.34. The third-order valence-electron chi connectivity index (χ3n) is 5.64. The number of aryl methyl sites for hydroxylation is 3. The number of amides is 1. The lowest BCUT2D eigenvalue weighted by Gasteiger charge is -2.25. The molecule has 0 saturated heterocycles. The van der Waals surface area contributed by atoms with Crippen molar-refractivity contribution >= 4 is 44.2 Å². The maximum Gasteiger partial charge on any atom is 0.233 e. The molecular weight excluding hydrogens is 414 g/mol. The van der Waals surface area contributed by atoms with E-state index in [9.17, 15) is 4.79 Å². The van der Waals surface area contributed by atoms with Gasteiger partial charge in [0.25, 0.3) is 0 Å². The molecule has 30 heavy (non-hydrogen) atoms. The van der Waals surface area contributed by atoms with Crippen LogP contribution in [-0.2, 0) is 11.2 Å². The highest BCUT2D eigenvalue weighted by atomic mass is 35.5. The van der Waals surface area contributed by atoms with E-state index in [1.165, 1.54) is 5.56 Å². The van der Waals surface area contributed by atoms with Crippen LogP contribution < -0.4 is 4.90 Å². The fourth-order valence-corrected chi connectivity index (χ4v) is 4.84. The first-order valence-corrected chi connectivity index (χ1v) is 11.7. The maximum atomic E-state index is 13.4. The van der Waals surface area contributed by atoms with Crippen molar-refractivity contribution in [3.05, 3.63) is 57.6 Å². The molecule has 0 N–H and O–H groups in total. The largest absolute Gasteiger partial charge is 0.302 e. The molecule has 3 rings (SSSR count). The molecule has 4 nitrogen and oxygen atoms in total. The summed E-state index contributed by atoms with van der Waals surface area (Å²) >= 11 is 7.85. The highest BCUT2D eigenvalue weighted by molar-refractivity contribution is 7.22. The van der Waals surface area contributed by atoms with Gasteiger partial charge in [-0.2, -0.15) is 0 Å².